The van der Waals surface area contributed by atoms with Gasteiger partial charge in [-0.15, -0.1) is 0 Å². The molecule has 168 valence electrons. The molecule has 4 nitrogen and oxygen atoms in total. The molecule has 1 aliphatic carbocycles. The first-order chi connectivity index (χ1) is 14.4. The van der Waals surface area contributed by atoms with E-state index < -0.39 is 52.0 Å². The van der Waals surface area contributed by atoms with Gasteiger partial charge in [0.1, 0.15) is 17.7 Å². The molecule has 2 aromatic rings. The zero-order valence-electron chi connectivity index (χ0n) is 16.4. The molecule has 1 fully saturated rings. The predicted molar refractivity (Wildman–Crippen MR) is 104 cm³/mol. The average Bonchev–Trinajstić information content (AvgIpc) is 2.69. The number of alkyl halides is 4. The van der Waals surface area contributed by atoms with Crippen molar-refractivity contribution in [3.05, 3.63) is 63.7 Å². The summed E-state index contributed by atoms with van der Waals surface area (Å²) in [6.45, 7) is 1.42. The van der Waals surface area contributed by atoms with E-state index >= 15 is 0 Å². The molecule has 1 atom stereocenters. The number of nitrogens with one attached hydrogen (secondary N) is 1. The number of pyridine rings is 1. The zero-order valence-corrected chi connectivity index (χ0v) is 17.2. The van der Waals surface area contributed by atoms with Gasteiger partial charge in [-0.25, -0.2) is 13.8 Å². The molecule has 0 radical (unpaired) electrons. The van der Waals surface area contributed by atoms with Crippen LogP contribution in [-0.4, -0.2) is 27.8 Å². The summed E-state index contributed by atoms with van der Waals surface area (Å²) in [4.78, 5) is 16.6. The Morgan fingerprint density at radius 2 is 1.90 bits per heavy atom. The Hall–Kier alpha value is -2.26. The number of nitrogens with zero attached hydrogens (tertiary/aromatic N) is 1. The van der Waals surface area contributed by atoms with Gasteiger partial charge < -0.3 is 10.4 Å². The summed E-state index contributed by atoms with van der Waals surface area (Å²) in [7, 11) is 0. The lowest BCUT2D eigenvalue weighted by Gasteiger charge is -2.41. The quantitative estimate of drug-likeness (QED) is 0.605. The van der Waals surface area contributed by atoms with Gasteiger partial charge in [0.2, 0.25) is 0 Å². The first-order valence-corrected chi connectivity index (χ1v) is 9.96. The van der Waals surface area contributed by atoms with Crippen LogP contribution >= 0.6 is 11.6 Å². The van der Waals surface area contributed by atoms with Crippen molar-refractivity contribution in [1.82, 2.24) is 10.3 Å². The fraction of sp³-hybridized carbons (Fsp3) is 0.429. The van der Waals surface area contributed by atoms with Crippen molar-refractivity contribution in [3.63, 3.8) is 0 Å². The molecule has 1 saturated carbocycles. The Labute approximate surface area is 180 Å². The highest BCUT2D eigenvalue weighted by molar-refractivity contribution is 6.31. The topological polar surface area (TPSA) is 62.2 Å². The normalized spacial score (nSPS) is 22.8. The van der Waals surface area contributed by atoms with Gasteiger partial charge in [-0.3, -0.25) is 4.79 Å². The summed E-state index contributed by atoms with van der Waals surface area (Å²) in [6.07, 6.45) is -6.24. The number of carbonyl (C=O) groups is 1. The Kier molecular flexibility index (Phi) is 6.57. The van der Waals surface area contributed by atoms with Crippen LogP contribution in [0.15, 0.2) is 30.3 Å². The smallest absolute Gasteiger partial charge is 0.387 e. The number of rotatable bonds is 4. The lowest BCUT2D eigenvalue weighted by molar-refractivity contribution is -0.138. The molecule has 3 rings (SSSR count). The SMILES string of the molecule is Cc1ccc(C(F)(F)F)c(C(=O)NC(c2cccc(F)c2Cl)[C@]2(O)CC[C@H](F)CC2)n1. The molecule has 1 aliphatic rings. The summed E-state index contributed by atoms with van der Waals surface area (Å²) in [5.41, 5.74) is -3.71. The highest BCUT2D eigenvalue weighted by Gasteiger charge is 2.44. The minimum Gasteiger partial charge on any atom is -0.387 e. The molecule has 1 amide bonds. The van der Waals surface area contributed by atoms with Gasteiger partial charge >= 0.3 is 6.18 Å². The zero-order chi connectivity index (χ0) is 23.0. The third-order valence-electron chi connectivity index (χ3n) is 5.44. The number of hydrogen-bond donors (Lipinski definition) is 2. The standard InChI is InChI=1S/C21H20ClF5N2O2/c1-11-5-6-14(21(25,26)27)17(28-11)19(30)29-18(13-3-2-4-15(24)16(13)22)20(31)9-7-12(23)8-10-20/h2-6,12,18,31H,7-10H2,1H3,(H,29,30)/t12-,18?,20-. The molecular formula is C21H20ClF5N2O2. The monoisotopic (exact) mass is 462 g/mol. The van der Waals surface area contributed by atoms with E-state index in [4.69, 9.17) is 11.6 Å². The van der Waals surface area contributed by atoms with E-state index in [1.54, 1.807) is 0 Å². The molecule has 0 bridgehead atoms. The lowest BCUT2D eigenvalue weighted by atomic mass is 9.76. The van der Waals surface area contributed by atoms with Crippen molar-refractivity contribution >= 4 is 17.5 Å². The predicted octanol–water partition coefficient (Wildman–Crippen LogP) is 5.32. The van der Waals surface area contributed by atoms with Crippen LogP contribution in [0.4, 0.5) is 22.0 Å². The number of benzene rings is 1. The van der Waals surface area contributed by atoms with Crippen LogP contribution in [0.1, 0.15) is 59.0 Å². The van der Waals surface area contributed by atoms with Crippen LogP contribution in [0.2, 0.25) is 5.02 Å². The molecule has 2 N–H and O–H groups in total. The molecule has 1 aromatic heterocycles. The van der Waals surface area contributed by atoms with Gasteiger partial charge in [0.25, 0.3) is 5.91 Å². The first kappa shape index (κ1) is 23.4. The van der Waals surface area contributed by atoms with E-state index in [0.717, 1.165) is 18.2 Å². The maximum absolute atomic E-state index is 14.1. The maximum atomic E-state index is 14.1. The van der Waals surface area contributed by atoms with Crippen molar-refractivity contribution in [2.75, 3.05) is 0 Å². The fourth-order valence-corrected chi connectivity index (χ4v) is 4.01. The fourth-order valence-electron chi connectivity index (χ4n) is 3.77. The Balaban J connectivity index is 2.05. The van der Waals surface area contributed by atoms with Gasteiger partial charge in [-0.2, -0.15) is 13.2 Å². The summed E-state index contributed by atoms with van der Waals surface area (Å²) in [5.74, 6) is -2.04. The van der Waals surface area contributed by atoms with Gasteiger partial charge in [0.05, 0.1) is 22.2 Å². The second-order valence-electron chi connectivity index (χ2n) is 7.67. The van der Waals surface area contributed by atoms with Crippen molar-refractivity contribution in [2.45, 2.75) is 56.6 Å². The van der Waals surface area contributed by atoms with E-state index in [1.807, 2.05) is 0 Å². The van der Waals surface area contributed by atoms with Crippen LogP contribution in [0, 0.1) is 12.7 Å². The van der Waals surface area contributed by atoms with E-state index in [2.05, 4.69) is 10.3 Å². The summed E-state index contributed by atoms with van der Waals surface area (Å²) in [5, 5.41) is 13.2. The highest BCUT2D eigenvalue weighted by Crippen LogP contribution is 2.42. The van der Waals surface area contributed by atoms with Gasteiger partial charge in [0, 0.05) is 5.69 Å². The second kappa shape index (κ2) is 8.70. The van der Waals surface area contributed by atoms with E-state index in [1.165, 1.54) is 19.1 Å². The Morgan fingerprint density at radius 1 is 1.26 bits per heavy atom. The Bertz CT molecular complexity index is 975. The third-order valence-corrected chi connectivity index (χ3v) is 5.84. The molecule has 0 saturated heterocycles. The number of amides is 1. The lowest BCUT2D eigenvalue weighted by Crippen LogP contribution is -2.49. The van der Waals surface area contributed by atoms with Crippen molar-refractivity contribution in [2.24, 2.45) is 0 Å². The van der Waals surface area contributed by atoms with Gasteiger partial charge in [-0.05, 0) is 56.4 Å². The highest BCUT2D eigenvalue weighted by atomic mass is 35.5. The first-order valence-electron chi connectivity index (χ1n) is 9.58. The number of carbonyl (C=O) groups excluding carboxylic acids is 1. The molecular weight excluding hydrogens is 443 g/mol. The van der Waals surface area contributed by atoms with Gasteiger partial charge in [-0.1, -0.05) is 23.7 Å². The number of hydrogen-bond acceptors (Lipinski definition) is 3. The average molecular weight is 463 g/mol. The number of aliphatic hydroxyl groups is 1. The molecule has 0 spiro atoms. The maximum Gasteiger partial charge on any atom is 0.418 e. The minimum absolute atomic E-state index is 0.0176. The van der Waals surface area contributed by atoms with Crippen molar-refractivity contribution < 1.29 is 31.9 Å². The van der Waals surface area contributed by atoms with E-state index in [-0.39, 0.29) is 36.9 Å². The van der Waals surface area contributed by atoms with Crippen LogP contribution in [0.25, 0.3) is 0 Å². The van der Waals surface area contributed by atoms with Crippen LogP contribution < -0.4 is 5.32 Å². The molecule has 1 aromatic carbocycles. The molecule has 31 heavy (non-hydrogen) atoms. The van der Waals surface area contributed by atoms with Crippen molar-refractivity contribution in [3.8, 4) is 0 Å². The largest absolute Gasteiger partial charge is 0.418 e. The van der Waals surface area contributed by atoms with Gasteiger partial charge in [0.15, 0.2) is 0 Å². The number of aryl methyl sites for hydroxylation is 1. The van der Waals surface area contributed by atoms with E-state index in [0.29, 0.717) is 0 Å². The number of aromatic nitrogens is 1. The molecule has 1 heterocycles. The summed E-state index contributed by atoms with van der Waals surface area (Å²) >= 11 is 6.05. The van der Waals surface area contributed by atoms with Crippen LogP contribution in [0.3, 0.4) is 0 Å². The third kappa shape index (κ3) is 4.98. The second-order valence-corrected chi connectivity index (χ2v) is 8.05. The van der Waals surface area contributed by atoms with Crippen molar-refractivity contribution in [1.29, 1.82) is 0 Å². The Morgan fingerprint density at radius 3 is 2.52 bits per heavy atom. The number of halogens is 6. The van der Waals surface area contributed by atoms with Crippen LogP contribution in [-0.2, 0) is 6.18 Å². The van der Waals surface area contributed by atoms with E-state index in [9.17, 15) is 31.9 Å². The molecule has 1 unspecified atom stereocenters. The van der Waals surface area contributed by atoms with Crippen LogP contribution in [0.5, 0.6) is 0 Å². The molecule has 10 heteroatoms. The molecule has 0 aliphatic heterocycles. The minimum atomic E-state index is -4.84. The summed E-state index contributed by atoms with van der Waals surface area (Å²) < 4.78 is 68.0. The summed E-state index contributed by atoms with van der Waals surface area (Å²) in [6, 6.07) is 4.20.